The molecule has 3 aromatic carbocycles. The molecule has 8 atom stereocenters. The summed E-state index contributed by atoms with van der Waals surface area (Å²) in [7, 11) is 2.62. The first-order valence-electron chi connectivity index (χ1n) is 23.5. The van der Waals surface area contributed by atoms with Crippen LogP contribution in [0.4, 0.5) is 9.59 Å². The SMILES string of the molecule is CC[C@H]1CC[C@@H](c2nc3c(ccc4cc5c(cc43)OCc3cc(-c4cnc([C@@H]6CC[C@H](C)N6C(=O)[C@@H](NC(=O)OC)C(C)C)[nH]4)ccc3-5)[nH]2)N1C(=O)[C@@H](NC(=O)OC)C1C[C@@H](C)O[C@H](C)C1. The maximum Gasteiger partial charge on any atom is 0.407 e. The average Bonchev–Trinajstić information content (AvgIpc) is 4.13. The van der Waals surface area contributed by atoms with Gasteiger partial charge in [0.05, 0.1) is 61.4 Å². The van der Waals surface area contributed by atoms with E-state index >= 15 is 0 Å². The van der Waals surface area contributed by atoms with Gasteiger partial charge in [0.15, 0.2) is 0 Å². The Balaban J connectivity index is 0.972. The Morgan fingerprint density at radius 2 is 1.56 bits per heavy atom. The van der Waals surface area contributed by atoms with Gasteiger partial charge in [-0.3, -0.25) is 9.59 Å². The monoisotopic (exact) mass is 902 g/mol. The number of rotatable bonds is 10. The van der Waals surface area contributed by atoms with Crippen molar-refractivity contribution in [2.24, 2.45) is 11.8 Å². The summed E-state index contributed by atoms with van der Waals surface area (Å²) in [5.41, 5.74) is 6.59. The minimum Gasteiger partial charge on any atom is -0.488 e. The van der Waals surface area contributed by atoms with Gasteiger partial charge in [-0.1, -0.05) is 39.0 Å². The quantitative estimate of drug-likeness (QED) is 0.106. The third-order valence-corrected chi connectivity index (χ3v) is 14.4. The molecular formula is C50H62N8O8. The molecule has 2 aromatic heterocycles. The van der Waals surface area contributed by atoms with E-state index in [-0.39, 0.29) is 60.0 Å². The summed E-state index contributed by atoms with van der Waals surface area (Å²) in [6.07, 6.45) is 5.74. The predicted molar refractivity (Wildman–Crippen MR) is 248 cm³/mol. The zero-order valence-electron chi connectivity index (χ0n) is 39.1. The first-order chi connectivity index (χ1) is 31.8. The van der Waals surface area contributed by atoms with Gasteiger partial charge < -0.3 is 49.3 Å². The molecule has 0 unspecified atom stereocenters. The molecule has 16 heteroatoms. The van der Waals surface area contributed by atoms with Gasteiger partial charge in [0.25, 0.3) is 0 Å². The Hall–Kier alpha value is -6.16. The molecule has 350 valence electrons. The summed E-state index contributed by atoms with van der Waals surface area (Å²) < 4.78 is 22.3. The van der Waals surface area contributed by atoms with E-state index in [9.17, 15) is 19.2 Å². The number of nitrogens with one attached hydrogen (secondary N) is 4. The van der Waals surface area contributed by atoms with Crippen molar-refractivity contribution in [1.82, 2.24) is 40.4 Å². The van der Waals surface area contributed by atoms with E-state index in [2.05, 4.69) is 63.9 Å². The van der Waals surface area contributed by atoms with Crippen molar-refractivity contribution in [3.8, 4) is 28.1 Å². The maximum atomic E-state index is 14.8. The van der Waals surface area contributed by atoms with Gasteiger partial charge in [0.2, 0.25) is 11.8 Å². The number of likely N-dealkylation sites (tertiary alicyclic amines) is 2. The van der Waals surface area contributed by atoms with Gasteiger partial charge in [-0.25, -0.2) is 19.6 Å². The molecule has 0 bridgehead atoms. The molecule has 4 N–H and O–H groups in total. The van der Waals surface area contributed by atoms with Crippen LogP contribution in [0.2, 0.25) is 0 Å². The molecule has 9 rings (SSSR count). The van der Waals surface area contributed by atoms with E-state index in [4.69, 9.17) is 28.9 Å². The number of benzene rings is 3. The molecule has 0 saturated carbocycles. The number of amides is 4. The molecular weight excluding hydrogens is 841 g/mol. The number of imidazole rings is 2. The second-order valence-corrected chi connectivity index (χ2v) is 19.0. The Morgan fingerprint density at radius 3 is 2.29 bits per heavy atom. The molecule has 5 aromatic rings. The van der Waals surface area contributed by atoms with Gasteiger partial charge in [0.1, 0.15) is 36.1 Å². The fourth-order valence-electron chi connectivity index (χ4n) is 11.1. The highest BCUT2D eigenvalue weighted by atomic mass is 16.5. The van der Waals surface area contributed by atoms with E-state index in [0.717, 1.165) is 93.4 Å². The second kappa shape index (κ2) is 18.3. The van der Waals surface area contributed by atoms with Crippen molar-refractivity contribution >= 4 is 45.8 Å². The van der Waals surface area contributed by atoms with Crippen LogP contribution in [0.1, 0.15) is 116 Å². The molecule has 0 radical (unpaired) electrons. The standard InChI is InChI=1S/C50H62N8O8/c1-9-33-13-17-40(58(33)48(60)43(56-50(62)64-8)31-18-27(5)66-28(6)19-31)46-52-37-15-12-29-21-36-34-14-11-30(20-32(34)24-65-41(36)22-35(29)44(37)54-46)38-23-51-45(53-38)39-16-10-26(4)57(39)47(59)42(25(2)3)55-49(61)63-7/h11-12,14-15,20-23,25-28,31,33,39-40,42-43H,9-10,13,16-19,24H2,1-8H3,(H,51,53)(H,52,54)(H,55,61)(H,56,62)/t26-,27+,28+,33-,39-,40-,42-,43-/m0/s1. The fourth-order valence-corrected chi connectivity index (χ4v) is 11.1. The predicted octanol–water partition coefficient (Wildman–Crippen LogP) is 8.47. The van der Waals surface area contributed by atoms with Crippen LogP contribution in [0.3, 0.4) is 0 Å². The number of ether oxygens (including phenoxy) is 4. The Bertz CT molecular complexity index is 2650. The number of hydrogen-bond acceptors (Lipinski definition) is 10. The average molecular weight is 903 g/mol. The summed E-state index contributed by atoms with van der Waals surface area (Å²) in [5.74, 6) is 1.70. The number of methoxy groups -OCH3 is 2. The van der Waals surface area contributed by atoms with Gasteiger partial charge in [0, 0.05) is 23.0 Å². The van der Waals surface area contributed by atoms with Gasteiger partial charge in [-0.05, 0) is 124 Å². The van der Waals surface area contributed by atoms with Crippen molar-refractivity contribution in [2.45, 2.75) is 142 Å². The van der Waals surface area contributed by atoms with Crippen LogP contribution < -0.4 is 15.4 Å². The number of hydrogen-bond donors (Lipinski definition) is 4. The second-order valence-electron chi connectivity index (χ2n) is 19.0. The van der Waals surface area contributed by atoms with Crippen LogP contribution in [0.5, 0.6) is 5.75 Å². The van der Waals surface area contributed by atoms with Crippen molar-refractivity contribution in [3.05, 3.63) is 65.9 Å². The summed E-state index contributed by atoms with van der Waals surface area (Å²) in [6.45, 7) is 12.4. The molecule has 6 heterocycles. The van der Waals surface area contributed by atoms with Crippen molar-refractivity contribution in [3.63, 3.8) is 0 Å². The van der Waals surface area contributed by atoms with Gasteiger partial charge in [-0.2, -0.15) is 0 Å². The Labute approximate surface area is 384 Å². The van der Waals surface area contributed by atoms with E-state index in [1.807, 2.05) is 56.7 Å². The zero-order chi connectivity index (χ0) is 46.6. The lowest BCUT2D eigenvalue weighted by Gasteiger charge is -2.39. The largest absolute Gasteiger partial charge is 0.488 e. The first kappa shape index (κ1) is 45.0. The molecule has 66 heavy (non-hydrogen) atoms. The number of carbonyl (C=O) groups excluding carboxylic acids is 4. The van der Waals surface area contributed by atoms with Crippen LogP contribution >= 0.6 is 0 Å². The minimum atomic E-state index is -0.753. The molecule has 16 nitrogen and oxygen atoms in total. The van der Waals surface area contributed by atoms with E-state index in [1.165, 1.54) is 14.2 Å². The van der Waals surface area contributed by atoms with E-state index < -0.39 is 24.3 Å². The van der Waals surface area contributed by atoms with Crippen molar-refractivity contribution < 1.29 is 38.1 Å². The van der Waals surface area contributed by atoms with E-state index in [0.29, 0.717) is 25.3 Å². The number of H-pyrrole nitrogens is 2. The van der Waals surface area contributed by atoms with Crippen molar-refractivity contribution in [2.75, 3.05) is 14.2 Å². The van der Waals surface area contributed by atoms with Crippen LogP contribution in [-0.2, 0) is 30.4 Å². The lowest BCUT2D eigenvalue weighted by atomic mass is 9.85. The highest BCUT2D eigenvalue weighted by Gasteiger charge is 2.46. The number of alkyl carbamates (subject to hydrolysis) is 2. The lowest BCUT2D eigenvalue weighted by Crippen LogP contribution is -2.55. The fraction of sp³-hybridized carbons (Fsp3) is 0.520. The Kier molecular flexibility index (Phi) is 12.5. The number of carbonyl (C=O) groups is 4. The molecule has 0 spiro atoms. The normalized spacial score (nSPS) is 24.7. The number of aromatic amines is 2. The topological polar surface area (TPSA) is 193 Å². The van der Waals surface area contributed by atoms with Crippen LogP contribution in [-0.4, -0.2) is 104 Å². The highest BCUT2D eigenvalue weighted by Crippen LogP contribution is 2.45. The maximum absolute atomic E-state index is 14.8. The first-order valence-corrected chi connectivity index (χ1v) is 23.5. The molecule has 0 aliphatic carbocycles. The minimum absolute atomic E-state index is 0.00147. The number of aromatic nitrogens is 4. The molecule has 4 amide bonds. The summed E-state index contributed by atoms with van der Waals surface area (Å²) in [5, 5.41) is 7.61. The summed E-state index contributed by atoms with van der Waals surface area (Å²) in [6, 6.07) is 12.7. The van der Waals surface area contributed by atoms with Gasteiger partial charge in [-0.15, -0.1) is 0 Å². The van der Waals surface area contributed by atoms with Gasteiger partial charge >= 0.3 is 12.2 Å². The Morgan fingerprint density at radius 1 is 0.833 bits per heavy atom. The molecule has 3 fully saturated rings. The lowest BCUT2D eigenvalue weighted by molar-refractivity contribution is -0.141. The smallest absolute Gasteiger partial charge is 0.407 e. The third kappa shape index (κ3) is 8.32. The van der Waals surface area contributed by atoms with Crippen LogP contribution in [0.25, 0.3) is 44.2 Å². The summed E-state index contributed by atoms with van der Waals surface area (Å²) >= 11 is 0. The number of fused-ring (bicyclic) bond motifs is 6. The zero-order valence-corrected chi connectivity index (χ0v) is 39.1. The van der Waals surface area contributed by atoms with Crippen LogP contribution in [0.15, 0.2) is 48.7 Å². The molecule has 4 aliphatic heterocycles. The summed E-state index contributed by atoms with van der Waals surface area (Å²) in [4.78, 5) is 74.4. The highest BCUT2D eigenvalue weighted by molar-refractivity contribution is 6.07. The third-order valence-electron chi connectivity index (χ3n) is 14.4. The number of nitrogens with zero attached hydrogens (tertiary/aromatic N) is 4. The van der Waals surface area contributed by atoms with Crippen LogP contribution in [0, 0.1) is 11.8 Å². The molecule has 4 aliphatic rings. The molecule has 3 saturated heterocycles. The van der Waals surface area contributed by atoms with Crippen molar-refractivity contribution in [1.29, 1.82) is 0 Å². The van der Waals surface area contributed by atoms with E-state index in [1.54, 1.807) is 0 Å².